The molecule has 2 rings (SSSR count). The predicted octanol–water partition coefficient (Wildman–Crippen LogP) is 3.94. The summed E-state index contributed by atoms with van der Waals surface area (Å²) in [6.07, 6.45) is 1.00. The molecule has 0 heterocycles. The first-order chi connectivity index (χ1) is 9.69. The summed E-state index contributed by atoms with van der Waals surface area (Å²) >= 11 is 3.50. The Balaban J connectivity index is 2.02. The number of nitrogens with one attached hydrogen (secondary N) is 1. The van der Waals surface area contributed by atoms with Crippen LogP contribution in [0.2, 0.25) is 0 Å². The topological polar surface area (TPSA) is 50.4 Å². The lowest BCUT2D eigenvalue weighted by atomic mass is 10.1. The highest BCUT2D eigenvalue weighted by atomic mass is 79.9. The van der Waals surface area contributed by atoms with E-state index in [1.807, 2.05) is 36.4 Å². The van der Waals surface area contributed by atoms with Crippen LogP contribution in [0.5, 0.6) is 0 Å². The second-order valence-electron chi connectivity index (χ2n) is 4.47. The molecule has 4 heteroatoms. The summed E-state index contributed by atoms with van der Waals surface area (Å²) in [5.74, 6) is 0.425. The lowest BCUT2D eigenvalue weighted by Gasteiger charge is -2.07. The number of halogens is 1. The summed E-state index contributed by atoms with van der Waals surface area (Å²) < 4.78 is 1.05. The summed E-state index contributed by atoms with van der Waals surface area (Å²) in [7, 11) is 0. The molecule has 0 atom stereocenters. The van der Waals surface area contributed by atoms with Crippen LogP contribution in [0.15, 0.2) is 58.0 Å². The van der Waals surface area contributed by atoms with Crippen molar-refractivity contribution in [1.29, 1.82) is 0 Å². The zero-order chi connectivity index (χ0) is 14.4. The van der Waals surface area contributed by atoms with Crippen molar-refractivity contribution < 1.29 is 0 Å². The molecule has 0 unspecified atom stereocenters. The van der Waals surface area contributed by atoms with Crippen molar-refractivity contribution in [3.8, 4) is 0 Å². The Kier molecular flexibility index (Phi) is 5.18. The van der Waals surface area contributed by atoms with Crippen LogP contribution >= 0.6 is 15.9 Å². The van der Waals surface area contributed by atoms with E-state index >= 15 is 0 Å². The van der Waals surface area contributed by atoms with E-state index < -0.39 is 0 Å². The second-order valence-corrected chi connectivity index (χ2v) is 5.33. The first-order valence-electron chi connectivity index (χ1n) is 6.58. The summed E-state index contributed by atoms with van der Waals surface area (Å²) in [4.78, 5) is 4.36. The third-order valence-corrected chi connectivity index (χ3v) is 3.76. The molecule has 0 saturated carbocycles. The van der Waals surface area contributed by atoms with E-state index in [9.17, 15) is 0 Å². The quantitative estimate of drug-likeness (QED) is 0.658. The number of aryl methyl sites for hydroxylation is 1. The predicted molar refractivity (Wildman–Crippen MR) is 88.9 cm³/mol. The molecule has 0 aliphatic rings. The molecule has 0 spiro atoms. The Morgan fingerprint density at radius 1 is 1.20 bits per heavy atom. The maximum Gasteiger partial charge on any atom is 0.193 e. The molecular weight excluding hydrogens is 314 g/mol. The first-order valence-corrected chi connectivity index (χ1v) is 7.37. The minimum Gasteiger partial charge on any atom is -0.370 e. The van der Waals surface area contributed by atoms with Gasteiger partial charge in [-0.3, -0.25) is 0 Å². The molecule has 20 heavy (non-hydrogen) atoms. The molecule has 0 fully saturated rings. The molecule has 3 N–H and O–H groups in total. The van der Waals surface area contributed by atoms with E-state index in [4.69, 9.17) is 5.73 Å². The van der Waals surface area contributed by atoms with Crippen molar-refractivity contribution in [1.82, 2.24) is 0 Å². The van der Waals surface area contributed by atoms with Gasteiger partial charge in [-0.2, -0.15) is 0 Å². The maximum atomic E-state index is 5.92. The van der Waals surface area contributed by atoms with Crippen molar-refractivity contribution in [3.63, 3.8) is 0 Å². The molecule has 3 nitrogen and oxygen atoms in total. The molecule has 0 aliphatic heterocycles. The summed E-state index contributed by atoms with van der Waals surface area (Å²) in [5.41, 5.74) is 9.27. The minimum absolute atomic E-state index is 0.425. The van der Waals surface area contributed by atoms with Crippen LogP contribution in [0.1, 0.15) is 18.1 Å². The summed E-state index contributed by atoms with van der Waals surface area (Å²) in [5, 5.41) is 3.12. The van der Waals surface area contributed by atoms with Crippen LogP contribution in [0.4, 0.5) is 5.69 Å². The number of benzene rings is 2. The smallest absolute Gasteiger partial charge is 0.193 e. The van der Waals surface area contributed by atoms with Gasteiger partial charge in [0.15, 0.2) is 5.96 Å². The lowest BCUT2D eigenvalue weighted by Crippen LogP contribution is -2.22. The van der Waals surface area contributed by atoms with Gasteiger partial charge in [-0.1, -0.05) is 53.2 Å². The van der Waals surface area contributed by atoms with Crippen LogP contribution in [-0.4, -0.2) is 5.96 Å². The van der Waals surface area contributed by atoms with Gasteiger partial charge < -0.3 is 11.1 Å². The fraction of sp³-hybridized carbons (Fsp3) is 0.188. The highest BCUT2D eigenvalue weighted by molar-refractivity contribution is 9.10. The van der Waals surface area contributed by atoms with Gasteiger partial charge in [-0.15, -0.1) is 0 Å². The molecule has 0 aliphatic carbocycles. The van der Waals surface area contributed by atoms with Crippen LogP contribution in [-0.2, 0) is 13.0 Å². The van der Waals surface area contributed by atoms with E-state index in [0.29, 0.717) is 12.5 Å². The molecule has 0 aromatic heterocycles. The standard InChI is InChI=1S/C16H18BrN3/c1-2-12-6-5-8-14(10-12)20-16(18)19-11-13-7-3-4-9-15(13)17/h3-10H,2,11H2,1H3,(H3,18,19,20). The highest BCUT2D eigenvalue weighted by Crippen LogP contribution is 2.16. The van der Waals surface area contributed by atoms with Crippen molar-refractivity contribution in [2.45, 2.75) is 19.9 Å². The number of anilines is 1. The Bertz CT molecular complexity index is 608. The molecule has 0 radical (unpaired) electrons. The van der Waals surface area contributed by atoms with Crippen LogP contribution in [0, 0.1) is 0 Å². The summed E-state index contributed by atoms with van der Waals surface area (Å²) in [6, 6.07) is 16.2. The molecule has 2 aromatic rings. The van der Waals surface area contributed by atoms with Gasteiger partial charge in [0.05, 0.1) is 6.54 Å². The lowest BCUT2D eigenvalue weighted by molar-refractivity contribution is 1.05. The molecular formula is C16H18BrN3. The molecule has 0 bridgehead atoms. The maximum absolute atomic E-state index is 5.92. The first kappa shape index (κ1) is 14.6. The van der Waals surface area contributed by atoms with Crippen LogP contribution in [0.25, 0.3) is 0 Å². The third kappa shape index (κ3) is 4.10. The minimum atomic E-state index is 0.425. The van der Waals surface area contributed by atoms with Crippen molar-refractivity contribution >= 4 is 27.6 Å². The number of hydrogen-bond acceptors (Lipinski definition) is 1. The number of nitrogens with two attached hydrogens (primary N) is 1. The van der Waals surface area contributed by atoms with Crippen LogP contribution in [0.3, 0.4) is 0 Å². The van der Waals surface area contributed by atoms with Gasteiger partial charge in [0, 0.05) is 10.2 Å². The average molecular weight is 332 g/mol. The number of nitrogens with zero attached hydrogens (tertiary/aromatic N) is 1. The van der Waals surface area contributed by atoms with E-state index in [1.54, 1.807) is 0 Å². The van der Waals surface area contributed by atoms with E-state index in [1.165, 1.54) is 5.56 Å². The van der Waals surface area contributed by atoms with Crippen molar-refractivity contribution in [2.75, 3.05) is 5.32 Å². The van der Waals surface area contributed by atoms with E-state index in [2.05, 4.69) is 45.3 Å². The number of hydrogen-bond donors (Lipinski definition) is 2. The number of aliphatic imine (C=N–C) groups is 1. The largest absolute Gasteiger partial charge is 0.370 e. The zero-order valence-corrected chi connectivity index (χ0v) is 13.0. The van der Waals surface area contributed by atoms with Crippen molar-refractivity contribution in [3.05, 3.63) is 64.1 Å². The van der Waals surface area contributed by atoms with Crippen LogP contribution < -0.4 is 11.1 Å². The van der Waals surface area contributed by atoms with Crippen molar-refractivity contribution in [2.24, 2.45) is 10.7 Å². The Morgan fingerprint density at radius 2 is 2.00 bits per heavy atom. The van der Waals surface area contributed by atoms with Gasteiger partial charge in [0.2, 0.25) is 0 Å². The fourth-order valence-electron chi connectivity index (χ4n) is 1.85. The Labute approximate surface area is 128 Å². The highest BCUT2D eigenvalue weighted by Gasteiger charge is 1.99. The molecule has 2 aromatic carbocycles. The monoisotopic (exact) mass is 331 g/mol. The van der Waals surface area contributed by atoms with Gasteiger partial charge in [-0.25, -0.2) is 4.99 Å². The van der Waals surface area contributed by atoms with E-state index in [0.717, 1.165) is 22.1 Å². The summed E-state index contributed by atoms with van der Waals surface area (Å²) in [6.45, 7) is 2.68. The van der Waals surface area contributed by atoms with Gasteiger partial charge >= 0.3 is 0 Å². The zero-order valence-electron chi connectivity index (χ0n) is 11.4. The SMILES string of the molecule is CCc1cccc(NC(N)=NCc2ccccc2Br)c1. The number of guanidine groups is 1. The van der Waals surface area contributed by atoms with E-state index in [-0.39, 0.29) is 0 Å². The molecule has 104 valence electrons. The van der Waals surface area contributed by atoms with Gasteiger partial charge in [-0.05, 0) is 35.7 Å². The Hall–Kier alpha value is -1.81. The third-order valence-electron chi connectivity index (χ3n) is 2.99. The molecule has 0 amide bonds. The van der Waals surface area contributed by atoms with Gasteiger partial charge in [0.25, 0.3) is 0 Å². The second kappa shape index (κ2) is 7.10. The van der Waals surface area contributed by atoms with Gasteiger partial charge in [0.1, 0.15) is 0 Å². The molecule has 0 saturated heterocycles. The Morgan fingerprint density at radius 3 is 2.75 bits per heavy atom. The average Bonchev–Trinajstić information content (AvgIpc) is 2.46. The fourth-order valence-corrected chi connectivity index (χ4v) is 2.26. The number of rotatable bonds is 4. The normalized spacial score (nSPS) is 11.4.